The summed E-state index contributed by atoms with van der Waals surface area (Å²) >= 11 is 0. The molecule has 1 aliphatic rings. The largest absolute Gasteiger partial charge is 0.466 e. The zero-order valence-corrected chi connectivity index (χ0v) is 12.4. The average Bonchev–Trinajstić information content (AvgIpc) is 2.89. The molecule has 1 heterocycles. The zero-order valence-electron chi connectivity index (χ0n) is 12.4. The summed E-state index contributed by atoms with van der Waals surface area (Å²) in [6.45, 7) is 5.11. The van der Waals surface area contributed by atoms with Crippen LogP contribution in [0.5, 0.6) is 0 Å². The highest BCUT2D eigenvalue weighted by Gasteiger charge is 2.15. The van der Waals surface area contributed by atoms with E-state index in [-0.39, 0.29) is 5.97 Å². The third-order valence-corrected chi connectivity index (χ3v) is 3.47. The Morgan fingerprint density at radius 2 is 2.32 bits per heavy atom. The molecule has 108 valence electrons. The van der Waals surface area contributed by atoms with Gasteiger partial charge in [0.25, 0.3) is 0 Å². The standard InChI is InChI=1S/C16H26O3/c1-13(9-10-15-8-5-11-19-15)6-4-7-14(2)12-16(17)18-3/h4,7,12-13,15H,5-6,8-11H2,1-3H3/b7-4+,14-12+. The maximum Gasteiger partial charge on any atom is 0.330 e. The molecule has 3 nitrogen and oxygen atoms in total. The zero-order chi connectivity index (χ0) is 14.1. The first-order valence-corrected chi connectivity index (χ1v) is 7.16. The third-order valence-electron chi connectivity index (χ3n) is 3.47. The van der Waals surface area contributed by atoms with Gasteiger partial charge in [0.05, 0.1) is 13.2 Å². The predicted octanol–water partition coefficient (Wildman–Crippen LogP) is 3.65. The molecule has 0 aromatic carbocycles. The highest BCUT2D eigenvalue weighted by atomic mass is 16.5. The summed E-state index contributed by atoms with van der Waals surface area (Å²) in [5, 5.41) is 0. The van der Waals surface area contributed by atoms with E-state index in [2.05, 4.69) is 17.7 Å². The van der Waals surface area contributed by atoms with E-state index >= 15 is 0 Å². The molecule has 2 unspecified atom stereocenters. The number of methoxy groups -OCH3 is 1. The number of ether oxygens (including phenoxy) is 2. The van der Waals surface area contributed by atoms with Gasteiger partial charge in [0.15, 0.2) is 0 Å². The first-order chi connectivity index (χ1) is 9.11. The summed E-state index contributed by atoms with van der Waals surface area (Å²) in [6.07, 6.45) is 12.0. The van der Waals surface area contributed by atoms with Crippen LogP contribution in [0.3, 0.4) is 0 Å². The fourth-order valence-corrected chi connectivity index (χ4v) is 2.24. The first-order valence-electron chi connectivity index (χ1n) is 7.16. The Morgan fingerprint density at radius 3 is 2.95 bits per heavy atom. The molecule has 0 N–H and O–H groups in total. The number of hydrogen-bond donors (Lipinski definition) is 0. The Morgan fingerprint density at radius 1 is 1.53 bits per heavy atom. The fraction of sp³-hybridized carbons (Fsp3) is 0.688. The second-order valence-electron chi connectivity index (χ2n) is 5.37. The van der Waals surface area contributed by atoms with Gasteiger partial charge in [-0.25, -0.2) is 4.79 Å². The minimum absolute atomic E-state index is 0.298. The second kappa shape index (κ2) is 8.92. The minimum atomic E-state index is -0.298. The van der Waals surface area contributed by atoms with Crippen molar-refractivity contribution in [3.8, 4) is 0 Å². The van der Waals surface area contributed by atoms with Crippen LogP contribution in [0.2, 0.25) is 0 Å². The number of carbonyl (C=O) groups excluding carboxylic acids is 1. The van der Waals surface area contributed by atoms with Crippen molar-refractivity contribution < 1.29 is 14.3 Å². The van der Waals surface area contributed by atoms with Gasteiger partial charge in [-0.15, -0.1) is 0 Å². The van der Waals surface area contributed by atoms with Gasteiger partial charge in [0.1, 0.15) is 0 Å². The lowest BCUT2D eigenvalue weighted by Gasteiger charge is -2.12. The van der Waals surface area contributed by atoms with Crippen molar-refractivity contribution >= 4 is 5.97 Å². The van der Waals surface area contributed by atoms with Gasteiger partial charge < -0.3 is 9.47 Å². The van der Waals surface area contributed by atoms with Crippen molar-refractivity contribution in [2.45, 2.75) is 52.1 Å². The molecule has 0 saturated carbocycles. The van der Waals surface area contributed by atoms with Crippen LogP contribution in [-0.4, -0.2) is 25.8 Å². The van der Waals surface area contributed by atoms with Crippen LogP contribution in [-0.2, 0) is 14.3 Å². The van der Waals surface area contributed by atoms with Crippen molar-refractivity contribution in [2.75, 3.05) is 13.7 Å². The van der Waals surface area contributed by atoms with Crippen molar-refractivity contribution in [2.24, 2.45) is 5.92 Å². The van der Waals surface area contributed by atoms with Crippen LogP contribution in [0.1, 0.15) is 46.0 Å². The van der Waals surface area contributed by atoms with E-state index in [0.29, 0.717) is 12.0 Å². The smallest absolute Gasteiger partial charge is 0.330 e. The Kier molecular flexibility index (Phi) is 7.49. The Balaban J connectivity index is 2.19. The van der Waals surface area contributed by atoms with E-state index in [1.807, 2.05) is 13.0 Å². The normalized spacial score (nSPS) is 21.8. The Bertz CT molecular complexity index is 325. The molecular formula is C16H26O3. The SMILES string of the molecule is COC(=O)/C=C(C)/C=C/CC(C)CCC1CCCO1. The van der Waals surface area contributed by atoms with Gasteiger partial charge in [0.2, 0.25) is 0 Å². The number of esters is 1. The van der Waals surface area contributed by atoms with Gasteiger partial charge in [-0.2, -0.15) is 0 Å². The second-order valence-corrected chi connectivity index (χ2v) is 5.37. The maximum atomic E-state index is 11.0. The third kappa shape index (κ3) is 7.16. The van der Waals surface area contributed by atoms with Gasteiger partial charge in [0, 0.05) is 12.7 Å². The molecule has 3 heteroatoms. The van der Waals surface area contributed by atoms with Crippen molar-refractivity contribution in [1.29, 1.82) is 0 Å². The first kappa shape index (κ1) is 16.0. The molecule has 19 heavy (non-hydrogen) atoms. The molecule has 0 aromatic rings. The molecular weight excluding hydrogens is 240 g/mol. The highest BCUT2D eigenvalue weighted by Crippen LogP contribution is 2.21. The van der Waals surface area contributed by atoms with Crippen molar-refractivity contribution in [3.05, 3.63) is 23.8 Å². The molecule has 1 saturated heterocycles. The lowest BCUT2D eigenvalue weighted by atomic mass is 9.98. The molecule has 1 fully saturated rings. The van der Waals surface area contributed by atoms with Gasteiger partial charge >= 0.3 is 5.97 Å². The lowest BCUT2D eigenvalue weighted by molar-refractivity contribution is -0.134. The van der Waals surface area contributed by atoms with E-state index in [4.69, 9.17) is 4.74 Å². The topological polar surface area (TPSA) is 35.5 Å². The van der Waals surface area contributed by atoms with Gasteiger partial charge in [-0.05, 0) is 50.5 Å². The van der Waals surface area contributed by atoms with Crippen LogP contribution in [0.15, 0.2) is 23.8 Å². The maximum absolute atomic E-state index is 11.0. The van der Waals surface area contributed by atoms with E-state index in [1.165, 1.54) is 38.9 Å². The Labute approximate surface area is 116 Å². The molecule has 0 aromatic heterocycles. The summed E-state index contributed by atoms with van der Waals surface area (Å²) in [5.74, 6) is 0.361. The summed E-state index contributed by atoms with van der Waals surface area (Å²) in [6, 6.07) is 0. The van der Waals surface area contributed by atoms with E-state index in [1.54, 1.807) is 0 Å². The summed E-state index contributed by atoms with van der Waals surface area (Å²) < 4.78 is 10.2. The van der Waals surface area contributed by atoms with Crippen LogP contribution in [0.4, 0.5) is 0 Å². The monoisotopic (exact) mass is 266 g/mol. The van der Waals surface area contributed by atoms with Gasteiger partial charge in [-0.1, -0.05) is 19.1 Å². The summed E-state index contributed by atoms with van der Waals surface area (Å²) in [7, 11) is 1.39. The van der Waals surface area contributed by atoms with E-state index in [0.717, 1.165) is 18.6 Å². The molecule has 1 aliphatic heterocycles. The van der Waals surface area contributed by atoms with E-state index in [9.17, 15) is 4.79 Å². The predicted molar refractivity (Wildman–Crippen MR) is 76.9 cm³/mol. The molecule has 0 amide bonds. The quantitative estimate of drug-likeness (QED) is 0.401. The fourth-order valence-electron chi connectivity index (χ4n) is 2.24. The van der Waals surface area contributed by atoms with E-state index < -0.39 is 0 Å². The number of rotatable bonds is 7. The molecule has 2 atom stereocenters. The Hall–Kier alpha value is -1.09. The molecule has 1 rings (SSSR count). The van der Waals surface area contributed by atoms with Crippen LogP contribution in [0, 0.1) is 5.92 Å². The van der Waals surface area contributed by atoms with Crippen molar-refractivity contribution in [3.63, 3.8) is 0 Å². The molecule has 0 radical (unpaired) electrons. The average molecular weight is 266 g/mol. The summed E-state index contributed by atoms with van der Waals surface area (Å²) in [5.41, 5.74) is 0.929. The summed E-state index contributed by atoms with van der Waals surface area (Å²) in [4.78, 5) is 11.0. The number of allylic oxidation sites excluding steroid dienone is 3. The molecule has 0 spiro atoms. The highest BCUT2D eigenvalue weighted by molar-refractivity contribution is 5.83. The lowest BCUT2D eigenvalue weighted by Crippen LogP contribution is -2.06. The minimum Gasteiger partial charge on any atom is -0.466 e. The molecule has 0 bridgehead atoms. The van der Waals surface area contributed by atoms with Crippen LogP contribution in [0.25, 0.3) is 0 Å². The molecule has 0 aliphatic carbocycles. The van der Waals surface area contributed by atoms with Crippen molar-refractivity contribution in [1.82, 2.24) is 0 Å². The number of hydrogen-bond acceptors (Lipinski definition) is 3. The van der Waals surface area contributed by atoms with Gasteiger partial charge in [-0.3, -0.25) is 0 Å². The van der Waals surface area contributed by atoms with Crippen LogP contribution < -0.4 is 0 Å². The number of carbonyl (C=O) groups is 1. The van der Waals surface area contributed by atoms with Crippen LogP contribution >= 0.6 is 0 Å².